The Morgan fingerprint density at radius 2 is 1.88 bits per heavy atom. The number of aryl methyl sites for hydroxylation is 2. The van der Waals surface area contributed by atoms with Crippen molar-refractivity contribution in [2.45, 2.75) is 44.9 Å². The second-order valence-corrected chi connectivity index (χ2v) is 6.03. The smallest absolute Gasteiger partial charge is 0.129 e. The zero-order chi connectivity index (χ0) is 12.8. The molecule has 2 nitrogen and oxygen atoms in total. The maximum Gasteiger partial charge on any atom is 0.129 e. The van der Waals surface area contributed by atoms with Crippen molar-refractivity contribution in [1.82, 2.24) is 0 Å². The molecule has 0 bridgehead atoms. The highest BCUT2D eigenvalue weighted by Crippen LogP contribution is 2.14. The first kappa shape index (κ1) is 14.1. The van der Waals surface area contributed by atoms with Gasteiger partial charge in [0.15, 0.2) is 0 Å². The molecule has 0 radical (unpaired) electrons. The van der Waals surface area contributed by atoms with Crippen molar-refractivity contribution in [1.29, 1.82) is 0 Å². The van der Waals surface area contributed by atoms with Crippen LogP contribution in [0.15, 0.2) is 23.1 Å². The highest BCUT2D eigenvalue weighted by Gasteiger charge is 2.05. The largest absolute Gasteiger partial charge is 0.300 e. The first-order chi connectivity index (χ1) is 8.00. The Bertz CT molecular complexity index is 424. The van der Waals surface area contributed by atoms with Gasteiger partial charge in [-0.05, 0) is 56.9 Å². The van der Waals surface area contributed by atoms with Gasteiger partial charge in [-0.3, -0.25) is 4.21 Å². The van der Waals surface area contributed by atoms with Gasteiger partial charge >= 0.3 is 0 Å². The van der Waals surface area contributed by atoms with Crippen molar-refractivity contribution in [3.8, 4) is 0 Å². The third-order valence-electron chi connectivity index (χ3n) is 2.85. The number of unbranched alkanes of at least 4 members (excludes halogenated alkanes) is 1. The quantitative estimate of drug-likeness (QED) is 0.729. The Hall–Kier alpha value is -0.960. The standard InChI is InChI=1S/C14H20O2S/c1-11-7-8-14(10-12(11)2)17(16)9-5-4-6-13(3)15/h7-8,10H,4-6,9H2,1-3H3. The zero-order valence-electron chi connectivity index (χ0n) is 10.8. The molecule has 0 aromatic heterocycles. The normalized spacial score (nSPS) is 12.4. The Labute approximate surface area is 106 Å². The van der Waals surface area contributed by atoms with Crippen molar-refractivity contribution in [2.75, 3.05) is 5.75 Å². The van der Waals surface area contributed by atoms with E-state index in [4.69, 9.17) is 0 Å². The van der Waals surface area contributed by atoms with Crippen LogP contribution in [0.1, 0.15) is 37.3 Å². The molecular formula is C14H20O2S. The molecule has 94 valence electrons. The second kappa shape index (κ2) is 6.70. The Morgan fingerprint density at radius 3 is 2.47 bits per heavy atom. The number of rotatable bonds is 6. The average Bonchev–Trinajstić information content (AvgIpc) is 2.27. The summed E-state index contributed by atoms with van der Waals surface area (Å²) in [6, 6.07) is 5.94. The highest BCUT2D eigenvalue weighted by atomic mass is 32.2. The molecule has 1 aromatic rings. The molecule has 17 heavy (non-hydrogen) atoms. The molecule has 0 amide bonds. The third kappa shape index (κ3) is 4.82. The van der Waals surface area contributed by atoms with Crippen LogP contribution >= 0.6 is 0 Å². The van der Waals surface area contributed by atoms with Gasteiger partial charge in [-0.25, -0.2) is 0 Å². The highest BCUT2D eigenvalue weighted by molar-refractivity contribution is 7.85. The van der Waals surface area contributed by atoms with Gasteiger partial charge in [0.05, 0.1) is 10.8 Å². The number of hydrogen-bond acceptors (Lipinski definition) is 2. The van der Waals surface area contributed by atoms with Gasteiger partial charge in [0.25, 0.3) is 0 Å². The minimum absolute atomic E-state index is 0.210. The average molecular weight is 252 g/mol. The zero-order valence-corrected chi connectivity index (χ0v) is 11.6. The van der Waals surface area contributed by atoms with Gasteiger partial charge in [0.1, 0.15) is 5.78 Å². The SMILES string of the molecule is CC(=O)CCCCS(=O)c1ccc(C)c(C)c1. The number of ketones is 1. The van der Waals surface area contributed by atoms with Crippen molar-refractivity contribution >= 4 is 16.6 Å². The molecule has 0 N–H and O–H groups in total. The van der Waals surface area contributed by atoms with E-state index in [9.17, 15) is 9.00 Å². The molecule has 0 spiro atoms. The summed E-state index contributed by atoms with van der Waals surface area (Å²) < 4.78 is 12.0. The summed E-state index contributed by atoms with van der Waals surface area (Å²) >= 11 is 0. The second-order valence-electron chi connectivity index (χ2n) is 4.45. The summed E-state index contributed by atoms with van der Waals surface area (Å²) in [5.41, 5.74) is 2.40. The summed E-state index contributed by atoms with van der Waals surface area (Å²) in [4.78, 5) is 11.7. The number of hydrogen-bond donors (Lipinski definition) is 0. The molecule has 0 aliphatic heterocycles. The maximum absolute atomic E-state index is 12.0. The molecule has 3 heteroatoms. The number of benzene rings is 1. The topological polar surface area (TPSA) is 34.1 Å². The molecule has 1 atom stereocenters. The number of carbonyl (C=O) groups excluding carboxylic acids is 1. The van der Waals surface area contributed by atoms with Crippen molar-refractivity contribution in [3.63, 3.8) is 0 Å². The van der Waals surface area contributed by atoms with E-state index in [2.05, 4.69) is 6.92 Å². The fourth-order valence-electron chi connectivity index (χ4n) is 1.58. The van der Waals surface area contributed by atoms with Crippen molar-refractivity contribution in [3.05, 3.63) is 29.3 Å². The number of carbonyl (C=O) groups is 1. The van der Waals surface area contributed by atoms with Gasteiger partial charge in [-0.2, -0.15) is 0 Å². The van der Waals surface area contributed by atoms with Crippen LogP contribution in [0.3, 0.4) is 0 Å². The van der Waals surface area contributed by atoms with Crippen LogP contribution in [0, 0.1) is 13.8 Å². The third-order valence-corrected chi connectivity index (χ3v) is 4.29. The first-order valence-electron chi connectivity index (χ1n) is 5.96. The molecule has 0 saturated heterocycles. The Morgan fingerprint density at radius 1 is 1.18 bits per heavy atom. The van der Waals surface area contributed by atoms with E-state index in [1.54, 1.807) is 6.92 Å². The van der Waals surface area contributed by atoms with E-state index >= 15 is 0 Å². The molecule has 1 unspecified atom stereocenters. The van der Waals surface area contributed by atoms with Gasteiger partial charge in [-0.15, -0.1) is 0 Å². The van der Waals surface area contributed by atoms with Gasteiger partial charge < -0.3 is 4.79 Å². The summed E-state index contributed by atoms with van der Waals surface area (Å²) in [5, 5.41) is 0. The van der Waals surface area contributed by atoms with E-state index in [0.717, 1.165) is 17.7 Å². The molecule has 0 heterocycles. The van der Waals surface area contributed by atoms with Crippen LogP contribution < -0.4 is 0 Å². The fourth-order valence-corrected chi connectivity index (χ4v) is 2.81. The summed E-state index contributed by atoms with van der Waals surface area (Å²) in [7, 11) is -0.928. The molecule has 0 aliphatic rings. The summed E-state index contributed by atoms with van der Waals surface area (Å²) in [5.74, 6) is 0.859. The summed E-state index contributed by atoms with van der Waals surface area (Å²) in [6.45, 7) is 5.68. The summed E-state index contributed by atoms with van der Waals surface area (Å²) in [6.07, 6.45) is 2.29. The lowest BCUT2D eigenvalue weighted by atomic mass is 10.1. The van der Waals surface area contributed by atoms with E-state index in [1.807, 2.05) is 25.1 Å². The van der Waals surface area contributed by atoms with Gasteiger partial charge in [0, 0.05) is 17.1 Å². The van der Waals surface area contributed by atoms with E-state index in [-0.39, 0.29) is 5.78 Å². The van der Waals surface area contributed by atoms with Crippen molar-refractivity contribution < 1.29 is 9.00 Å². The van der Waals surface area contributed by atoms with E-state index in [1.165, 1.54) is 11.1 Å². The van der Waals surface area contributed by atoms with E-state index in [0.29, 0.717) is 12.2 Å². The van der Waals surface area contributed by atoms with Crippen molar-refractivity contribution in [2.24, 2.45) is 0 Å². The van der Waals surface area contributed by atoms with E-state index < -0.39 is 10.8 Å². The lowest BCUT2D eigenvalue weighted by molar-refractivity contribution is -0.117. The maximum atomic E-state index is 12.0. The molecule has 1 aromatic carbocycles. The molecular weight excluding hydrogens is 232 g/mol. The lowest BCUT2D eigenvalue weighted by Crippen LogP contribution is -2.00. The predicted octanol–water partition coefficient (Wildman–Crippen LogP) is 3.17. The Balaban J connectivity index is 2.47. The van der Waals surface area contributed by atoms with Crippen LogP contribution in [-0.2, 0) is 15.6 Å². The van der Waals surface area contributed by atoms with Crippen LogP contribution in [0.2, 0.25) is 0 Å². The monoisotopic (exact) mass is 252 g/mol. The first-order valence-corrected chi connectivity index (χ1v) is 7.27. The minimum atomic E-state index is -0.928. The van der Waals surface area contributed by atoms with Crippen LogP contribution in [0.4, 0.5) is 0 Å². The van der Waals surface area contributed by atoms with Gasteiger partial charge in [0.2, 0.25) is 0 Å². The van der Waals surface area contributed by atoms with Crippen LogP contribution in [-0.4, -0.2) is 15.7 Å². The lowest BCUT2D eigenvalue weighted by Gasteiger charge is -2.05. The predicted molar refractivity (Wildman–Crippen MR) is 71.7 cm³/mol. The van der Waals surface area contributed by atoms with Gasteiger partial charge in [-0.1, -0.05) is 6.07 Å². The molecule has 0 aliphatic carbocycles. The Kier molecular flexibility index (Phi) is 5.56. The minimum Gasteiger partial charge on any atom is -0.300 e. The number of Topliss-reactive ketones (excluding diaryl/α,β-unsaturated/α-hetero) is 1. The molecule has 0 fully saturated rings. The van der Waals surface area contributed by atoms with Crippen LogP contribution in [0.25, 0.3) is 0 Å². The molecule has 0 saturated carbocycles. The molecule has 1 rings (SSSR count). The fraction of sp³-hybridized carbons (Fsp3) is 0.500. The van der Waals surface area contributed by atoms with Crippen LogP contribution in [0.5, 0.6) is 0 Å².